The highest BCUT2D eigenvalue weighted by Crippen LogP contribution is 2.33. The van der Waals surface area contributed by atoms with Gasteiger partial charge in [-0.3, -0.25) is 4.79 Å². The van der Waals surface area contributed by atoms with Crippen LogP contribution in [0.5, 0.6) is 11.5 Å². The number of carbonyl (C=O) groups is 1. The molecule has 2 aliphatic rings. The van der Waals surface area contributed by atoms with Crippen LogP contribution in [-0.4, -0.2) is 44.9 Å². The maximum atomic E-state index is 12.9. The molecule has 9 heteroatoms. The molecule has 0 saturated carbocycles. The number of ether oxygens (including phenoxy) is 2. The summed E-state index contributed by atoms with van der Waals surface area (Å²) >= 11 is 3.30. The van der Waals surface area contributed by atoms with E-state index < -0.39 is 15.9 Å². The van der Waals surface area contributed by atoms with Crippen LogP contribution in [0, 0.1) is 0 Å². The van der Waals surface area contributed by atoms with Gasteiger partial charge in [-0.2, -0.15) is 4.31 Å². The summed E-state index contributed by atoms with van der Waals surface area (Å²) in [6.07, 6.45) is 1.70. The van der Waals surface area contributed by atoms with Crippen LogP contribution in [0.15, 0.2) is 45.8 Å². The lowest BCUT2D eigenvalue weighted by Crippen LogP contribution is -2.28. The molecule has 1 saturated heterocycles. The number of hydrogen-bond donors (Lipinski definition) is 1. The zero-order valence-electron chi connectivity index (χ0n) is 15.0. The molecule has 0 spiro atoms. The van der Waals surface area contributed by atoms with Crippen molar-refractivity contribution in [2.45, 2.75) is 17.7 Å². The van der Waals surface area contributed by atoms with Crippen molar-refractivity contribution in [1.29, 1.82) is 0 Å². The first-order chi connectivity index (χ1) is 13.4. The van der Waals surface area contributed by atoms with Crippen LogP contribution >= 0.6 is 15.9 Å². The number of benzene rings is 2. The van der Waals surface area contributed by atoms with Gasteiger partial charge in [0.1, 0.15) is 13.2 Å². The fraction of sp³-hybridized carbons (Fsp3) is 0.316. The lowest BCUT2D eigenvalue weighted by atomic mass is 10.2. The number of carbonyl (C=O) groups excluding carboxylic acids is 1. The number of nitrogens with zero attached hydrogens (tertiary/aromatic N) is 1. The molecular formula is C19H19BrN2O5S. The van der Waals surface area contributed by atoms with Crippen molar-refractivity contribution in [2.75, 3.05) is 31.6 Å². The topological polar surface area (TPSA) is 84.9 Å². The predicted molar refractivity (Wildman–Crippen MR) is 108 cm³/mol. The third kappa shape index (κ3) is 3.74. The molecule has 0 unspecified atom stereocenters. The van der Waals surface area contributed by atoms with Crippen molar-refractivity contribution < 1.29 is 22.7 Å². The van der Waals surface area contributed by atoms with Gasteiger partial charge in [-0.1, -0.05) is 0 Å². The maximum absolute atomic E-state index is 12.9. The highest BCUT2D eigenvalue weighted by molar-refractivity contribution is 9.10. The van der Waals surface area contributed by atoms with E-state index in [-0.39, 0.29) is 10.5 Å². The molecule has 2 aromatic carbocycles. The SMILES string of the molecule is O=C(Nc1ccc2c(c1)OCCO2)c1ccc(Br)c(S(=O)(=O)N2CCCC2)c1. The normalized spacial score (nSPS) is 16.8. The Labute approximate surface area is 171 Å². The Bertz CT molecular complexity index is 1020. The largest absolute Gasteiger partial charge is 0.486 e. The molecule has 2 aliphatic heterocycles. The minimum absolute atomic E-state index is 0.101. The molecule has 0 atom stereocenters. The predicted octanol–water partition coefficient (Wildman–Crippen LogP) is 3.26. The molecule has 4 rings (SSSR count). The average Bonchev–Trinajstić information content (AvgIpc) is 3.24. The van der Waals surface area contributed by atoms with Gasteiger partial charge in [-0.15, -0.1) is 0 Å². The molecule has 1 fully saturated rings. The van der Waals surface area contributed by atoms with Crippen molar-refractivity contribution in [2.24, 2.45) is 0 Å². The van der Waals surface area contributed by atoms with E-state index in [9.17, 15) is 13.2 Å². The second-order valence-corrected chi connectivity index (χ2v) is 9.33. The number of sulfonamides is 1. The highest BCUT2D eigenvalue weighted by atomic mass is 79.9. The number of anilines is 1. The van der Waals surface area contributed by atoms with Crippen LogP contribution in [0.25, 0.3) is 0 Å². The summed E-state index contributed by atoms with van der Waals surface area (Å²) in [4.78, 5) is 12.8. The van der Waals surface area contributed by atoms with Gasteiger partial charge in [-0.05, 0) is 59.1 Å². The molecule has 28 heavy (non-hydrogen) atoms. The number of hydrogen-bond acceptors (Lipinski definition) is 5. The minimum atomic E-state index is -3.64. The molecule has 1 N–H and O–H groups in total. The van der Waals surface area contributed by atoms with E-state index in [1.54, 1.807) is 30.3 Å². The fourth-order valence-electron chi connectivity index (χ4n) is 3.23. The van der Waals surface area contributed by atoms with E-state index in [2.05, 4.69) is 21.2 Å². The molecule has 2 heterocycles. The Morgan fingerprint density at radius 1 is 1.00 bits per heavy atom. The van der Waals surface area contributed by atoms with Crippen molar-refractivity contribution >= 4 is 37.5 Å². The first-order valence-electron chi connectivity index (χ1n) is 8.96. The van der Waals surface area contributed by atoms with Crippen molar-refractivity contribution in [3.05, 3.63) is 46.4 Å². The Morgan fingerprint density at radius 3 is 2.46 bits per heavy atom. The van der Waals surface area contributed by atoms with E-state index in [1.807, 2.05) is 0 Å². The molecule has 0 aromatic heterocycles. The quantitative estimate of drug-likeness (QED) is 0.747. The lowest BCUT2D eigenvalue weighted by molar-refractivity contribution is 0.102. The summed E-state index contributed by atoms with van der Waals surface area (Å²) in [5, 5.41) is 2.78. The van der Waals surface area contributed by atoms with Crippen molar-refractivity contribution in [3.8, 4) is 11.5 Å². The number of fused-ring (bicyclic) bond motifs is 1. The van der Waals surface area contributed by atoms with Crippen LogP contribution < -0.4 is 14.8 Å². The second kappa shape index (κ2) is 7.73. The molecular weight excluding hydrogens is 448 g/mol. The molecule has 7 nitrogen and oxygen atoms in total. The van der Waals surface area contributed by atoms with Crippen LogP contribution in [-0.2, 0) is 10.0 Å². The van der Waals surface area contributed by atoms with E-state index in [4.69, 9.17) is 9.47 Å². The zero-order chi connectivity index (χ0) is 19.7. The molecule has 1 amide bonds. The summed E-state index contributed by atoms with van der Waals surface area (Å²) in [6.45, 7) is 1.95. The van der Waals surface area contributed by atoms with Crippen LogP contribution in [0.4, 0.5) is 5.69 Å². The smallest absolute Gasteiger partial charge is 0.255 e. The van der Waals surface area contributed by atoms with Gasteiger partial charge in [0.2, 0.25) is 10.0 Å². The first kappa shape index (κ1) is 19.2. The Hall–Kier alpha value is -2.10. The minimum Gasteiger partial charge on any atom is -0.486 e. The van der Waals surface area contributed by atoms with Gasteiger partial charge in [0.05, 0.1) is 4.90 Å². The van der Waals surface area contributed by atoms with Gasteiger partial charge in [0.25, 0.3) is 5.91 Å². The summed E-state index contributed by atoms with van der Waals surface area (Å²) in [6, 6.07) is 9.71. The van der Waals surface area contributed by atoms with Crippen molar-refractivity contribution in [1.82, 2.24) is 4.31 Å². The van der Waals surface area contributed by atoms with Crippen LogP contribution in [0.1, 0.15) is 23.2 Å². The van der Waals surface area contributed by atoms with E-state index in [0.29, 0.717) is 48.0 Å². The lowest BCUT2D eigenvalue weighted by Gasteiger charge is -2.19. The van der Waals surface area contributed by atoms with Crippen molar-refractivity contribution in [3.63, 3.8) is 0 Å². The molecule has 0 radical (unpaired) electrons. The van der Waals surface area contributed by atoms with Crippen LogP contribution in [0.3, 0.4) is 0 Å². The number of nitrogens with one attached hydrogen (secondary N) is 1. The van der Waals surface area contributed by atoms with Gasteiger partial charge in [0.15, 0.2) is 11.5 Å². The van der Waals surface area contributed by atoms with Gasteiger partial charge in [-0.25, -0.2) is 8.42 Å². The van der Waals surface area contributed by atoms with E-state index in [0.717, 1.165) is 12.8 Å². The van der Waals surface area contributed by atoms with E-state index >= 15 is 0 Å². The third-order valence-corrected chi connectivity index (χ3v) is 7.57. The Kier molecular flexibility index (Phi) is 5.31. The molecule has 148 valence electrons. The van der Waals surface area contributed by atoms with Gasteiger partial charge >= 0.3 is 0 Å². The summed E-state index contributed by atoms with van der Waals surface area (Å²) in [5.74, 6) is 0.797. The van der Waals surface area contributed by atoms with Gasteiger partial charge in [0, 0.05) is 34.9 Å². The maximum Gasteiger partial charge on any atom is 0.255 e. The average molecular weight is 467 g/mol. The first-order valence-corrected chi connectivity index (χ1v) is 11.2. The second-order valence-electron chi connectivity index (χ2n) is 6.57. The highest BCUT2D eigenvalue weighted by Gasteiger charge is 2.29. The monoisotopic (exact) mass is 466 g/mol. The number of halogens is 1. The molecule has 0 aliphatic carbocycles. The molecule has 0 bridgehead atoms. The summed E-state index contributed by atoms with van der Waals surface area (Å²) in [7, 11) is -3.64. The third-order valence-electron chi connectivity index (χ3n) is 4.68. The summed E-state index contributed by atoms with van der Waals surface area (Å²) < 4.78 is 38.6. The standard InChI is InChI=1S/C19H19BrN2O5S/c20-15-5-3-13(11-18(15)28(24,25)22-7-1-2-8-22)19(23)21-14-4-6-16-17(12-14)27-10-9-26-16/h3-6,11-12H,1-2,7-10H2,(H,21,23). The number of rotatable bonds is 4. The van der Waals surface area contributed by atoms with E-state index in [1.165, 1.54) is 10.4 Å². The summed E-state index contributed by atoms with van der Waals surface area (Å²) in [5.41, 5.74) is 0.803. The zero-order valence-corrected chi connectivity index (χ0v) is 17.4. The van der Waals surface area contributed by atoms with Gasteiger partial charge < -0.3 is 14.8 Å². The Morgan fingerprint density at radius 2 is 1.71 bits per heavy atom. The Balaban J connectivity index is 1.58. The fourth-order valence-corrected chi connectivity index (χ4v) is 5.70. The van der Waals surface area contributed by atoms with Crippen LogP contribution in [0.2, 0.25) is 0 Å². The number of amides is 1. The molecule has 2 aromatic rings.